The number of aryl methyl sites for hydroxylation is 1. The zero-order chi connectivity index (χ0) is 20.0. The van der Waals surface area contributed by atoms with Crippen molar-refractivity contribution in [1.29, 1.82) is 0 Å². The number of amides is 1. The molecular weight excluding hydrogens is 368 g/mol. The van der Waals surface area contributed by atoms with Crippen molar-refractivity contribution in [2.24, 2.45) is 0 Å². The van der Waals surface area contributed by atoms with Gasteiger partial charge in [0.25, 0.3) is 0 Å². The standard InChI is InChI=1S/C19H22N2O5S/c1-11(2)26-18(24)17-12(3)20-19(27-17)21-16(23)10-9-15(22)13-5-7-14(25-4)8-6-13/h5-8,11H,9-10H2,1-4H3,(H,20,21,23). The van der Waals surface area contributed by atoms with Crippen molar-refractivity contribution in [3.05, 3.63) is 40.4 Å². The molecule has 1 aromatic heterocycles. The molecule has 1 heterocycles. The van der Waals surface area contributed by atoms with Crippen LogP contribution in [0.15, 0.2) is 24.3 Å². The largest absolute Gasteiger partial charge is 0.497 e. The molecule has 1 N–H and O–H groups in total. The van der Waals surface area contributed by atoms with Crippen LogP contribution in [0.3, 0.4) is 0 Å². The van der Waals surface area contributed by atoms with Gasteiger partial charge in [0, 0.05) is 18.4 Å². The van der Waals surface area contributed by atoms with Crippen LogP contribution >= 0.6 is 11.3 Å². The van der Waals surface area contributed by atoms with Gasteiger partial charge in [-0.3, -0.25) is 9.59 Å². The molecule has 0 saturated carbocycles. The summed E-state index contributed by atoms with van der Waals surface area (Å²) in [6, 6.07) is 6.72. The Balaban J connectivity index is 1.90. The summed E-state index contributed by atoms with van der Waals surface area (Å²) in [5.74, 6) is -0.274. The third kappa shape index (κ3) is 5.89. The number of methoxy groups -OCH3 is 1. The number of carbonyl (C=O) groups is 3. The molecule has 0 unspecified atom stereocenters. The zero-order valence-electron chi connectivity index (χ0n) is 15.7. The molecule has 1 amide bonds. The van der Waals surface area contributed by atoms with Gasteiger partial charge >= 0.3 is 5.97 Å². The maximum Gasteiger partial charge on any atom is 0.350 e. The van der Waals surface area contributed by atoms with Gasteiger partial charge in [-0.2, -0.15) is 0 Å². The molecule has 2 aromatic rings. The molecule has 0 atom stereocenters. The lowest BCUT2D eigenvalue weighted by molar-refractivity contribution is -0.116. The van der Waals surface area contributed by atoms with Crippen molar-refractivity contribution in [2.75, 3.05) is 12.4 Å². The lowest BCUT2D eigenvalue weighted by Gasteiger charge is -2.05. The van der Waals surface area contributed by atoms with Crippen molar-refractivity contribution in [1.82, 2.24) is 4.98 Å². The second-order valence-electron chi connectivity index (χ2n) is 6.09. The molecule has 0 spiro atoms. The Kier molecular flexibility index (Phi) is 7.06. The van der Waals surface area contributed by atoms with Gasteiger partial charge in [-0.25, -0.2) is 9.78 Å². The quantitative estimate of drug-likeness (QED) is 0.546. The molecule has 0 aliphatic heterocycles. The highest BCUT2D eigenvalue weighted by atomic mass is 32.1. The van der Waals surface area contributed by atoms with Crippen molar-refractivity contribution >= 4 is 34.1 Å². The minimum absolute atomic E-state index is 0.0231. The fraction of sp³-hybridized carbons (Fsp3) is 0.368. The molecule has 1 aromatic carbocycles. The molecule has 7 nitrogen and oxygen atoms in total. The second-order valence-corrected chi connectivity index (χ2v) is 7.09. The van der Waals surface area contributed by atoms with Gasteiger partial charge in [0.15, 0.2) is 10.9 Å². The molecule has 0 saturated heterocycles. The monoisotopic (exact) mass is 390 g/mol. The minimum atomic E-state index is -0.463. The first kappa shape index (κ1) is 20.6. The Bertz CT molecular complexity index is 827. The number of anilines is 1. The number of nitrogens with one attached hydrogen (secondary N) is 1. The number of benzene rings is 1. The summed E-state index contributed by atoms with van der Waals surface area (Å²) < 4.78 is 10.2. The van der Waals surface area contributed by atoms with Gasteiger partial charge in [-0.05, 0) is 45.0 Å². The van der Waals surface area contributed by atoms with E-state index in [2.05, 4.69) is 10.3 Å². The molecule has 0 radical (unpaired) electrons. The van der Waals surface area contributed by atoms with E-state index in [1.165, 1.54) is 0 Å². The number of hydrogen-bond donors (Lipinski definition) is 1. The van der Waals surface area contributed by atoms with Gasteiger partial charge in [0.1, 0.15) is 10.6 Å². The molecule has 0 fully saturated rings. The first-order chi connectivity index (χ1) is 12.8. The zero-order valence-corrected chi connectivity index (χ0v) is 16.5. The Labute approximate surface area is 161 Å². The van der Waals surface area contributed by atoms with Gasteiger partial charge < -0.3 is 14.8 Å². The molecule has 8 heteroatoms. The van der Waals surface area contributed by atoms with Crippen LogP contribution in [0, 0.1) is 6.92 Å². The summed E-state index contributed by atoms with van der Waals surface area (Å²) in [6.45, 7) is 5.20. The lowest BCUT2D eigenvalue weighted by Crippen LogP contribution is -2.13. The van der Waals surface area contributed by atoms with E-state index in [4.69, 9.17) is 9.47 Å². The van der Waals surface area contributed by atoms with Crippen LogP contribution in [0.5, 0.6) is 5.75 Å². The Morgan fingerprint density at radius 2 is 1.81 bits per heavy atom. The number of ether oxygens (including phenoxy) is 2. The summed E-state index contributed by atoms with van der Waals surface area (Å²) >= 11 is 1.06. The molecule has 27 heavy (non-hydrogen) atoms. The van der Waals surface area contributed by atoms with E-state index in [1.807, 2.05) is 0 Å². The molecule has 0 aliphatic rings. The van der Waals surface area contributed by atoms with Crippen molar-refractivity contribution < 1.29 is 23.9 Å². The van der Waals surface area contributed by atoms with E-state index < -0.39 is 5.97 Å². The Morgan fingerprint density at radius 3 is 2.41 bits per heavy atom. The maximum absolute atomic E-state index is 12.2. The first-order valence-corrected chi connectivity index (χ1v) is 9.27. The van der Waals surface area contributed by atoms with Gasteiger partial charge in [-0.15, -0.1) is 0 Å². The van der Waals surface area contributed by atoms with Crippen molar-refractivity contribution in [3.8, 4) is 5.75 Å². The van der Waals surface area contributed by atoms with E-state index in [0.29, 0.717) is 27.0 Å². The number of carbonyl (C=O) groups excluding carboxylic acids is 3. The first-order valence-electron chi connectivity index (χ1n) is 8.45. The highest BCUT2D eigenvalue weighted by Gasteiger charge is 2.19. The predicted molar refractivity (Wildman–Crippen MR) is 103 cm³/mol. The second kappa shape index (κ2) is 9.27. The number of esters is 1. The topological polar surface area (TPSA) is 94.6 Å². The van der Waals surface area contributed by atoms with Crippen LogP contribution in [0.25, 0.3) is 0 Å². The number of hydrogen-bond acceptors (Lipinski definition) is 7. The van der Waals surface area contributed by atoms with Crippen LogP contribution in [0.1, 0.15) is 52.4 Å². The Morgan fingerprint density at radius 1 is 1.15 bits per heavy atom. The Hall–Kier alpha value is -2.74. The number of thiazole rings is 1. The molecule has 0 bridgehead atoms. The fourth-order valence-corrected chi connectivity index (χ4v) is 3.10. The highest BCUT2D eigenvalue weighted by molar-refractivity contribution is 7.17. The minimum Gasteiger partial charge on any atom is -0.497 e. The van der Waals surface area contributed by atoms with E-state index in [0.717, 1.165) is 11.3 Å². The molecule has 2 rings (SSSR count). The molecule has 144 valence electrons. The highest BCUT2D eigenvalue weighted by Crippen LogP contribution is 2.24. The average molecular weight is 390 g/mol. The van der Waals surface area contributed by atoms with Crippen LogP contribution < -0.4 is 10.1 Å². The van der Waals surface area contributed by atoms with Crippen LogP contribution in [-0.2, 0) is 9.53 Å². The third-order valence-corrected chi connectivity index (χ3v) is 4.62. The lowest BCUT2D eigenvalue weighted by atomic mass is 10.1. The van der Waals surface area contributed by atoms with Crippen molar-refractivity contribution in [3.63, 3.8) is 0 Å². The predicted octanol–water partition coefficient (Wildman–Crippen LogP) is 3.63. The number of Topliss-reactive ketones (excluding diaryl/α,β-unsaturated/α-hetero) is 1. The average Bonchev–Trinajstić information content (AvgIpc) is 2.99. The number of nitrogens with zero attached hydrogens (tertiary/aromatic N) is 1. The third-order valence-electron chi connectivity index (χ3n) is 3.56. The number of rotatable bonds is 8. The van der Waals surface area contributed by atoms with Crippen molar-refractivity contribution in [2.45, 2.75) is 39.7 Å². The summed E-state index contributed by atoms with van der Waals surface area (Å²) in [5, 5.41) is 2.94. The van der Waals surface area contributed by atoms with Crippen LogP contribution in [-0.4, -0.2) is 35.9 Å². The number of ketones is 1. The smallest absolute Gasteiger partial charge is 0.350 e. The summed E-state index contributed by atoms with van der Waals surface area (Å²) in [7, 11) is 1.55. The van der Waals surface area contributed by atoms with E-state index in [1.54, 1.807) is 52.1 Å². The summed E-state index contributed by atoms with van der Waals surface area (Å²) in [6.07, 6.45) is -0.138. The summed E-state index contributed by atoms with van der Waals surface area (Å²) in [5.41, 5.74) is 1.02. The van der Waals surface area contributed by atoms with E-state index in [9.17, 15) is 14.4 Å². The molecule has 0 aliphatic carbocycles. The van der Waals surface area contributed by atoms with Crippen LogP contribution in [0.4, 0.5) is 5.13 Å². The number of aromatic nitrogens is 1. The van der Waals surface area contributed by atoms with Gasteiger partial charge in [0.2, 0.25) is 5.91 Å². The normalized spacial score (nSPS) is 10.6. The SMILES string of the molecule is COc1ccc(C(=O)CCC(=O)Nc2nc(C)c(C(=O)OC(C)C)s2)cc1. The van der Waals surface area contributed by atoms with Gasteiger partial charge in [0.05, 0.1) is 18.9 Å². The van der Waals surface area contributed by atoms with E-state index in [-0.39, 0.29) is 30.6 Å². The maximum atomic E-state index is 12.2. The molecular formula is C19H22N2O5S. The van der Waals surface area contributed by atoms with Gasteiger partial charge in [-0.1, -0.05) is 11.3 Å². The van der Waals surface area contributed by atoms with Crippen LogP contribution in [0.2, 0.25) is 0 Å². The fourth-order valence-electron chi connectivity index (χ4n) is 2.24. The van der Waals surface area contributed by atoms with E-state index >= 15 is 0 Å². The summed E-state index contributed by atoms with van der Waals surface area (Å²) in [4.78, 5) is 40.7.